The van der Waals surface area contributed by atoms with Gasteiger partial charge in [0.05, 0.1) is 5.71 Å². The van der Waals surface area contributed by atoms with Gasteiger partial charge in [0, 0.05) is 10.2 Å². The highest BCUT2D eigenvalue weighted by Crippen LogP contribution is 2.13. The molecule has 2 aromatic carbocycles. The zero-order chi connectivity index (χ0) is 14.4. The van der Waals surface area contributed by atoms with Crippen LogP contribution in [0.25, 0.3) is 0 Å². The summed E-state index contributed by atoms with van der Waals surface area (Å²) in [5.41, 5.74) is 4.89. The maximum Gasteiger partial charge on any atom is 0.339 e. The topological polar surface area (TPSA) is 53.5 Å². The normalized spacial score (nSPS) is 11.0. The van der Waals surface area contributed by atoms with Crippen LogP contribution in [0.3, 0.4) is 0 Å². The molecule has 2 N–H and O–H groups in total. The molecule has 0 aliphatic carbocycles. The molecule has 0 fully saturated rings. The Bertz CT molecular complexity index is 609. The van der Waals surface area contributed by atoms with Gasteiger partial charge in [0.15, 0.2) is 0 Å². The summed E-state index contributed by atoms with van der Waals surface area (Å²) in [6.45, 7) is 1.84. The maximum absolute atomic E-state index is 11.7. The van der Waals surface area contributed by atoms with E-state index in [0.717, 1.165) is 15.7 Å². The summed E-state index contributed by atoms with van der Waals surface area (Å²) in [5.74, 6) is 0. The van der Waals surface area contributed by atoms with Crippen molar-refractivity contribution in [1.29, 1.82) is 0 Å². The lowest BCUT2D eigenvalue weighted by molar-refractivity contribution is 0.252. The SMILES string of the molecule is C/C(=N/NC(=O)Nc1ccc(Br)cc1)c1ccccc1. The molecule has 0 aliphatic heterocycles. The lowest BCUT2D eigenvalue weighted by atomic mass is 10.1. The summed E-state index contributed by atoms with van der Waals surface area (Å²) in [6, 6.07) is 16.6. The number of carbonyl (C=O) groups excluding carboxylic acids is 1. The number of anilines is 1. The fourth-order valence-corrected chi connectivity index (χ4v) is 1.84. The molecule has 0 atom stereocenters. The molecule has 20 heavy (non-hydrogen) atoms. The highest BCUT2D eigenvalue weighted by molar-refractivity contribution is 9.10. The van der Waals surface area contributed by atoms with Crippen molar-refractivity contribution in [3.05, 3.63) is 64.6 Å². The quantitative estimate of drug-likeness (QED) is 0.648. The third kappa shape index (κ3) is 4.20. The van der Waals surface area contributed by atoms with Crippen molar-refractivity contribution in [2.75, 3.05) is 5.32 Å². The summed E-state index contributed by atoms with van der Waals surface area (Å²) in [6.07, 6.45) is 0. The van der Waals surface area contributed by atoms with E-state index < -0.39 is 0 Å². The second-order valence-corrected chi connectivity index (χ2v) is 5.05. The lowest BCUT2D eigenvalue weighted by Crippen LogP contribution is -2.25. The Morgan fingerprint density at radius 2 is 1.70 bits per heavy atom. The smallest absolute Gasteiger partial charge is 0.307 e. The Hall–Kier alpha value is -2.14. The largest absolute Gasteiger partial charge is 0.339 e. The molecule has 102 valence electrons. The van der Waals surface area contributed by atoms with Crippen LogP contribution in [-0.4, -0.2) is 11.7 Å². The summed E-state index contributed by atoms with van der Waals surface area (Å²) in [5, 5.41) is 6.75. The van der Waals surface area contributed by atoms with Gasteiger partial charge in [-0.25, -0.2) is 10.2 Å². The Morgan fingerprint density at radius 3 is 2.35 bits per heavy atom. The van der Waals surface area contributed by atoms with Gasteiger partial charge in [0.1, 0.15) is 0 Å². The number of nitrogens with zero attached hydrogens (tertiary/aromatic N) is 1. The number of amides is 2. The van der Waals surface area contributed by atoms with E-state index >= 15 is 0 Å². The number of hydrazone groups is 1. The van der Waals surface area contributed by atoms with Gasteiger partial charge in [-0.05, 0) is 36.8 Å². The van der Waals surface area contributed by atoms with E-state index in [9.17, 15) is 4.79 Å². The zero-order valence-electron chi connectivity index (χ0n) is 10.9. The van der Waals surface area contributed by atoms with Crippen LogP contribution in [0, 0.1) is 0 Å². The Kier molecular flexibility index (Phi) is 4.90. The molecule has 0 spiro atoms. The maximum atomic E-state index is 11.7. The number of urea groups is 1. The summed E-state index contributed by atoms with van der Waals surface area (Å²) in [4.78, 5) is 11.7. The molecule has 0 unspecified atom stereocenters. The Morgan fingerprint density at radius 1 is 1.05 bits per heavy atom. The lowest BCUT2D eigenvalue weighted by Gasteiger charge is -2.05. The minimum absolute atomic E-state index is 0.373. The zero-order valence-corrected chi connectivity index (χ0v) is 12.5. The van der Waals surface area contributed by atoms with Crippen molar-refractivity contribution >= 4 is 33.4 Å². The van der Waals surface area contributed by atoms with Gasteiger partial charge in [0.25, 0.3) is 0 Å². The van der Waals surface area contributed by atoms with E-state index in [2.05, 4.69) is 31.8 Å². The number of benzene rings is 2. The summed E-state index contributed by atoms with van der Waals surface area (Å²) >= 11 is 3.34. The number of halogens is 1. The first-order valence-corrected chi connectivity index (χ1v) is 6.87. The Balaban J connectivity index is 1.93. The number of hydrogen-bond acceptors (Lipinski definition) is 2. The fraction of sp³-hybridized carbons (Fsp3) is 0.0667. The molecule has 0 saturated carbocycles. The molecule has 0 saturated heterocycles. The van der Waals surface area contributed by atoms with E-state index in [1.54, 1.807) is 12.1 Å². The third-order valence-electron chi connectivity index (χ3n) is 2.62. The molecular formula is C15H14BrN3O. The molecule has 2 rings (SSSR count). The minimum Gasteiger partial charge on any atom is -0.307 e. The molecule has 2 amide bonds. The van der Waals surface area contributed by atoms with Crippen LogP contribution >= 0.6 is 15.9 Å². The average molecular weight is 332 g/mol. The first kappa shape index (κ1) is 14.3. The average Bonchev–Trinajstić information content (AvgIpc) is 2.48. The van der Waals surface area contributed by atoms with Crippen molar-refractivity contribution in [3.63, 3.8) is 0 Å². The van der Waals surface area contributed by atoms with E-state index in [4.69, 9.17) is 0 Å². The van der Waals surface area contributed by atoms with Gasteiger partial charge < -0.3 is 5.32 Å². The molecule has 2 aromatic rings. The molecule has 0 heterocycles. The highest BCUT2D eigenvalue weighted by atomic mass is 79.9. The number of rotatable bonds is 3. The molecule has 0 aromatic heterocycles. The summed E-state index contributed by atoms with van der Waals surface area (Å²) < 4.78 is 0.960. The predicted molar refractivity (Wildman–Crippen MR) is 84.9 cm³/mol. The van der Waals surface area contributed by atoms with Gasteiger partial charge in [-0.15, -0.1) is 0 Å². The second kappa shape index (κ2) is 6.86. The fourth-order valence-electron chi connectivity index (χ4n) is 1.57. The molecule has 0 aliphatic rings. The van der Waals surface area contributed by atoms with Crippen LogP contribution in [-0.2, 0) is 0 Å². The van der Waals surface area contributed by atoms with Crippen molar-refractivity contribution in [1.82, 2.24) is 5.43 Å². The number of hydrogen-bond donors (Lipinski definition) is 2. The molecule has 0 bridgehead atoms. The molecular weight excluding hydrogens is 318 g/mol. The van der Waals surface area contributed by atoms with Crippen molar-refractivity contribution in [2.24, 2.45) is 5.10 Å². The number of carbonyl (C=O) groups is 1. The first-order chi connectivity index (χ1) is 9.65. The van der Waals surface area contributed by atoms with Crippen LogP contribution < -0.4 is 10.7 Å². The van der Waals surface area contributed by atoms with Crippen molar-refractivity contribution < 1.29 is 4.79 Å². The van der Waals surface area contributed by atoms with Gasteiger partial charge in [-0.2, -0.15) is 5.10 Å². The number of nitrogens with one attached hydrogen (secondary N) is 2. The van der Waals surface area contributed by atoms with Gasteiger partial charge >= 0.3 is 6.03 Å². The minimum atomic E-state index is -0.373. The summed E-state index contributed by atoms with van der Waals surface area (Å²) in [7, 11) is 0. The van der Waals surface area contributed by atoms with Crippen LogP contribution in [0.15, 0.2) is 64.2 Å². The second-order valence-electron chi connectivity index (χ2n) is 4.14. The molecule has 0 radical (unpaired) electrons. The van der Waals surface area contributed by atoms with Gasteiger partial charge in [-0.1, -0.05) is 46.3 Å². The van der Waals surface area contributed by atoms with Crippen molar-refractivity contribution in [3.8, 4) is 0 Å². The third-order valence-corrected chi connectivity index (χ3v) is 3.15. The van der Waals surface area contributed by atoms with E-state index in [-0.39, 0.29) is 6.03 Å². The highest BCUT2D eigenvalue weighted by Gasteiger charge is 2.01. The van der Waals surface area contributed by atoms with E-state index in [0.29, 0.717) is 5.69 Å². The molecule has 5 heteroatoms. The van der Waals surface area contributed by atoms with Crippen LogP contribution in [0.2, 0.25) is 0 Å². The van der Waals surface area contributed by atoms with Gasteiger partial charge in [0.2, 0.25) is 0 Å². The first-order valence-electron chi connectivity index (χ1n) is 6.07. The van der Waals surface area contributed by atoms with E-state index in [1.807, 2.05) is 49.4 Å². The monoisotopic (exact) mass is 331 g/mol. The van der Waals surface area contributed by atoms with E-state index in [1.165, 1.54) is 0 Å². The standard InChI is InChI=1S/C15H14BrN3O/c1-11(12-5-3-2-4-6-12)18-19-15(20)17-14-9-7-13(16)8-10-14/h2-10H,1H3,(H2,17,19,20)/b18-11-. The van der Waals surface area contributed by atoms with Crippen molar-refractivity contribution in [2.45, 2.75) is 6.92 Å². The van der Waals surface area contributed by atoms with Crippen LogP contribution in [0.1, 0.15) is 12.5 Å². The van der Waals surface area contributed by atoms with Crippen LogP contribution in [0.4, 0.5) is 10.5 Å². The predicted octanol–water partition coefficient (Wildman–Crippen LogP) is 3.99. The van der Waals surface area contributed by atoms with Crippen LogP contribution in [0.5, 0.6) is 0 Å². The Labute approximate surface area is 126 Å². The van der Waals surface area contributed by atoms with Gasteiger partial charge in [-0.3, -0.25) is 0 Å². The molecule has 4 nitrogen and oxygen atoms in total.